The average molecular weight is 303 g/mol. The molecule has 0 aliphatic heterocycles. The van der Waals surface area contributed by atoms with Gasteiger partial charge in [0.15, 0.2) is 0 Å². The lowest BCUT2D eigenvalue weighted by Crippen LogP contribution is -2.41. The number of aryl methyl sites for hydroxylation is 1. The van der Waals surface area contributed by atoms with Crippen LogP contribution in [0, 0.1) is 12.7 Å². The summed E-state index contributed by atoms with van der Waals surface area (Å²) in [6, 6.07) is 3.70. The van der Waals surface area contributed by atoms with Crippen LogP contribution in [0.4, 0.5) is 4.39 Å². The molecule has 5 nitrogen and oxygen atoms in total. The second kappa shape index (κ2) is 6.32. The van der Waals surface area contributed by atoms with Gasteiger partial charge in [0.05, 0.1) is 5.75 Å². The van der Waals surface area contributed by atoms with E-state index in [0.717, 1.165) is 10.4 Å². The topological polar surface area (TPSA) is 74.7 Å². The second-order valence-corrected chi connectivity index (χ2v) is 6.79. The van der Waals surface area contributed by atoms with E-state index in [1.54, 1.807) is 20.8 Å². The number of rotatable bonds is 6. The fourth-order valence-corrected chi connectivity index (χ4v) is 3.47. The molecule has 0 aromatic heterocycles. The van der Waals surface area contributed by atoms with E-state index in [1.165, 1.54) is 12.1 Å². The smallest absolute Gasteiger partial charge is 0.318 e. The summed E-state index contributed by atoms with van der Waals surface area (Å²) < 4.78 is 38.7. The first-order chi connectivity index (χ1) is 9.13. The van der Waals surface area contributed by atoms with Crippen LogP contribution in [-0.2, 0) is 20.6 Å². The molecule has 1 aromatic rings. The first-order valence-electron chi connectivity index (χ1n) is 6.10. The Morgan fingerprint density at radius 3 is 2.45 bits per heavy atom. The van der Waals surface area contributed by atoms with Gasteiger partial charge >= 0.3 is 5.97 Å². The van der Waals surface area contributed by atoms with Crippen molar-refractivity contribution in [3.63, 3.8) is 0 Å². The first-order valence-corrected chi connectivity index (χ1v) is 7.70. The van der Waals surface area contributed by atoms with Gasteiger partial charge in [0.1, 0.15) is 12.4 Å². The van der Waals surface area contributed by atoms with Crippen molar-refractivity contribution in [2.75, 3.05) is 6.54 Å². The summed E-state index contributed by atoms with van der Waals surface area (Å²) in [4.78, 5) is 10.7. The van der Waals surface area contributed by atoms with Crippen molar-refractivity contribution in [1.82, 2.24) is 4.31 Å². The van der Waals surface area contributed by atoms with E-state index in [4.69, 9.17) is 5.11 Å². The van der Waals surface area contributed by atoms with E-state index in [2.05, 4.69) is 0 Å². The first kappa shape index (κ1) is 16.6. The van der Waals surface area contributed by atoms with Crippen molar-refractivity contribution >= 4 is 16.0 Å². The van der Waals surface area contributed by atoms with Crippen molar-refractivity contribution in [1.29, 1.82) is 0 Å². The zero-order valence-electron chi connectivity index (χ0n) is 11.6. The molecule has 0 spiro atoms. The summed E-state index contributed by atoms with van der Waals surface area (Å²) in [7, 11) is -3.81. The number of nitrogens with zero attached hydrogens (tertiary/aromatic N) is 1. The van der Waals surface area contributed by atoms with Crippen molar-refractivity contribution in [3.8, 4) is 0 Å². The van der Waals surface area contributed by atoms with Gasteiger partial charge in [-0.25, -0.2) is 12.8 Å². The van der Waals surface area contributed by atoms with E-state index < -0.39 is 40.1 Å². The van der Waals surface area contributed by atoms with Gasteiger partial charge in [-0.15, -0.1) is 0 Å². The van der Waals surface area contributed by atoms with Crippen LogP contribution in [0.2, 0.25) is 0 Å². The maximum atomic E-state index is 13.4. The molecule has 0 aliphatic carbocycles. The van der Waals surface area contributed by atoms with Gasteiger partial charge in [-0.2, -0.15) is 4.31 Å². The van der Waals surface area contributed by atoms with Crippen LogP contribution in [-0.4, -0.2) is 36.4 Å². The Balaban J connectivity index is 3.02. The lowest BCUT2D eigenvalue weighted by Gasteiger charge is -2.24. The summed E-state index contributed by atoms with van der Waals surface area (Å²) in [5, 5.41) is 8.78. The van der Waals surface area contributed by atoms with Crippen molar-refractivity contribution in [2.24, 2.45) is 0 Å². The number of aliphatic carboxylic acids is 1. The Morgan fingerprint density at radius 1 is 1.40 bits per heavy atom. The highest BCUT2D eigenvalue weighted by Gasteiger charge is 2.27. The quantitative estimate of drug-likeness (QED) is 0.869. The Bertz CT molecular complexity index is 598. The number of carbonyl (C=O) groups is 1. The normalized spacial score (nSPS) is 12.1. The van der Waals surface area contributed by atoms with Crippen molar-refractivity contribution in [2.45, 2.75) is 32.6 Å². The molecule has 0 saturated heterocycles. The molecule has 0 amide bonds. The molecule has 112 valence electrons. The van der Waals surface area contributed by atoms with Crippen molar-refractivity contribution in [3.05, 3.63) is 35.1 Å². The highest BCUT2D eigenvalue weighted by molar-refractivity contribution is 7.88. The Morgan fingerprint density at radius 2 is 2.00 bits per heavy atom. The monoisotopic (exact) mass is 303 g/mol. The van der Waals surface area contributed by atoms with E-state index in [1.807, 2.05) is 0 Å². The molecule has 7 heteroatoms. The average Bonchev–Trinajstić information content (AvgIpc) is 2.30. The highest BCUT2D eigenvalue weighted by Crippen LogP contribution is 2.16. The summed E-state index contributed by atoms with van der Waals surface area (Å²) in [6.45, 7) is 4.17. The zero-order chi connectivity index (χ0) is 15.5. The molecule has 0 bridgehead atoms. The van der Waals surface area contributed by atoms with E-state index in [0.29, 0.717) is 11.1 Å². The molecule has 0 saturated carbocycles. The summed E-state index contributed by atoms with van der Waals surface area (Å²) in [6.07, 6.45) is 0. The number of carboxylic acid groups (broad SMARTS) is 1. The summed E-state index contributed by atoms with van der Waals surface area (Å²) in [5.41, 5.74) is 0.724. The third kappa shape index (κ3) is 4.28. The van der Waals surface area contributed by atoms with E-state index >= 15 is 0 Å². The fourth-order valence-electron chi connectivity index (χ4n) is 1.76. The molecule has 0 heterocycles. The SMILES string of the molecule is Cc1ccc(CS(=O)(=O)N(CC(=O)O)C(C)C)cc1F. The predicted molar refractivity (Wildman–Crippen MR) is 73.2 cm³/mol. The fraction of sp³-hybridized carbons (Fsp3) is 0.462. The minimum absolute atomic E-state index is 0.295. The molecule has 1 aromatic carbocycles. The number of benzene rings is 1. The minimum Gasteiger partial charge on any atom is -0.480 e. The third-order valence-electron chi connectivity index (χ3n) is 2.81. The van der Waals surface area contributed by atoms with Gasteiger partial charge in [0.2, 0.25) is 10.0 Å². The van der Waals surface area contributed by atoms with Crippen LogP contribution in [0.3, 0.4) is 0 Å². The van der Waals surface area contributed by atoms with Crippen molar-refractivity contribution < 1.29 is 22.7 Å². The van der Waals surface area contributed by atoms with Crippen LogP contribution >= 0.6 is 0 Å². The molecule has 0 atom stereocenters. The van der Waals surface area contributed by atoms with Gasteiger partial charge in [-0.3, -0.25) is 4.79 Å². The third-order valence-corrected chi connectivity index (χ3v) is 4.77. The predicted octanol–water partition coefficient (Wildman–Crippen LogP) is 1.76. The molecule has 0 radical (unpaired) electrons. The van der Waals surface area contributed by atoms with Gasteiger partial charge in [0, 0.05) is 6.04 Å². The van der Waals surface area contributed by atoms with Gasteiger partial charge in [0.25, 0.3) is 0 Å². The Kier molecular flexibility index (Phi) is 5.24. The highest BCUT2D eigenvalue weighted by atomic mass is 32.2. The van der Waals surface area contributed by atoms with Gasteiger partial charge < -0.3 is 5.11 Å². The van der Waals surface area contributed by atoms with Crippen LogP contribution in [0.1, 0.15) is 25.0 Å². The molecule has 1 rings (SSSR count). The standard InChI is InChI=1S/C13H18FNO4S/c1-9(2)15(7-13(16)17)20(18,19)8-11-5-4-10(3)12(14)6-11/h4-6,9H,7-8H2,1-3H3,(H,16,17). The minimum atomic E-state index is -3.81. The number of carboxylic acids is 1. The molecule has 0 unspecified atom stereocenters. The number of hydrogen-bond donors (Lipinski definition) is 1. The maximum absolute atomic E-state index is 13.4. The molecular weight excluding hydrogens is 285 g/mol. The Labute approximate surface area is 118 Å². The van der Waals surface area contributed by atoms with E-state index in [9.17, 15) is 17.6 Å². The number of hydrogen-bond acceptors (Lipinski definition) is 3. The lowest BCUT2D eigenvalue weighted by molar-refractivity contribution is -0.137. The zero-order valence-corrected chi connectivity index (χ0v) is 12.4. The van der Waals surface area contributed by atoms with Crippen LogP contribution < -0.4 is 0 Å². The molecule has 20 heavy (non-hydrogen) atoms. The number of sulfonamides is 1. The lowest BCUT2D eigenvalue weighted by atomic mass is 10.2. The summed E-state index contributed by atoms with van der Waals surface area (Å²) in [5.74, 6) is -2.13. The summed E-state index contributed by atoms with van der Waals surface area (Å²) >= 11 is 0. The molecule has 0 fully saturated rings. The largest absolute Gasteiger partial charge is 0.480 e. The van der Waals surface area contributed by atoms with Crippen LogP contribution in [0.25, 0.3) is 0 Å². The Hall–Kier alpha value is -1.47. The number of halogens is 1. The second-order valence-electron chi connectivity index (χ2n) is 4.87. The van der Waals surface area contributed by atoms with Gasteiger partial charge in [-0.1, -0.05) is 12.1 Å². The van der Waals surface area contributed by atoms with Crippen LogP contribution in [0.5, 0.6) is 0 Å². The maximum Gasteiger partial charge on any atom is 0.318 e. The molecule has 1 N–H and O–H groups in total. The van der Waals surface area contributed by atoms with Gasteiger partial charge in [-0.05, 0) is 38.0 Å². The van der Waals surface area contributed by atoms with Crippen LogP contribution in [0.15, 0.2) is 18.2 Å². The molecular formula is C13H18FNO4S. The van der Waals surface area contributed by atoms with E-state index in [-0.39, 0.29) is 0 Å². The molecule has 0 aliphatic rings.